The zero-order chi connectivity index (χ0) is 19.8. The van der Waals surface area contributed by atoms with Gasteiger partial charge in [0, 0.05) is 13.0 Å². The van der Waals surface area contributed by atoms with Gasteiger partial charge >= 0.3 is 0 Å². The molecule has 0 aliphatic carbocycles. The molecule has 1 aliphatic heterocycles. The second-order valence-corrected chi connectivity index (χ2v) is 7.12. The molecule has 3 aromatic rings. The minimum absolute atomic E-state index is 0.172. The van der Waals surface area contributed by atoms with Crippen molar-refractivity contribution in [2.45, 2.75) is 25.9 Å². The minimum atomic E-state index is -0.729. The first-order valence-electron chi connectivity index (χ1n) is 8.81. The monoisotopic (exact) mass is 395 g/mol. The van der Waals surface area contributed by atoms with Gasteiger partial charge in [0.05, 0.1) is 16.4 Å². The molecule has 2 amide bonds. The normalized spacial score (nSPS) is 15.9. The van der Waals surface area contributed by atoms with Gasteiger partial charge < -0.3 is 10.6 Å². The Balaban J connectivity index is 1.71. The lowest BCUT2D eigenvalue weighted by Crippen LogP contribution is -2.51. The molecule has 28 heavy (non-hydrogen) atoms. The van der Waals surface area contributed by atoms with Crippen LogP contribution in [-0.2, 0) is 17.8 Å². The second kappa shape index (κ2) is 7.09. The fourth-order valence-electron chi connectivity index (χ4n) is 3.51. The summed E-state index contributed by atoms with van der Waals surface area (Å²) in [6.45, 7) is 2.04. The van der Waals surface area contributed by atoms with E-state index < -0.39 is 11.9 Å². The second-order valence-electron chi connectivity index (χ2n) is 6.71. The van der Waals surface area contributed by atoms with Crippen LogP contribution in [0.3, 0.4) is 0 Å². The number of nitrogens with zero attached hydrogens (tertiary/aromatic N) is 4. The molecule has 2 heterocycles. The smallest absolute Gasteiger partial charge is 0.277 e. The van der Waals surface area contributed by atoms with E-state index in [-0.39, 0.29) is 11.6 Å². The number of carbonyl (C=O) groups is 2. The van der Waals surface area contributed by atoms with Crippen LogP contribution in [-0.4, -0.2) is 37.7 Å². The Labute approximate surface area is 166 Å². The van der Waals surface area contributed by atoms with Crippen LogP contribution in [0.5, 0.6) is 0 Å². The Morgan fingerprint density at radius 1 is 1.11 bits per heavy atom. The predicted molar refractivity (Wildman–Crippen MR) is 104 cm³/mol. The van der Waals surface area contributed by atoms with Crippen molar-refractivity contribution in [3.05, 3.63) is 76.1 Å². The zero-order valence-electron chi connectivity index (χ0n) is 15.2. The van der Waals surface area contributed by atoms with Gasteiger partial charge in [-0.3, -0.25) is 9.59 Å². The lowest BCUT2D eigenvalue weighted by Gasteiger charge is -2.34. The summed E-state index contributed by atoms with van der Waals surface area (Å²) in [6.07, 6.45) is 0.384. The van der Waals surface area contributed by atoms with Crippen LogP contribution >= 0.6 is 11.6 Å². The van der Waals surface area contributed by atoms with Crippen molar-refractivity contribution in [1.82, 2.24) is 19.9 Å². The van der Waals surface area contributed by atoms with Crippen molar-refractivity contribution in [3.8, 4) is 5.69 Å². The maximum absolute atomic E-state index is 13.2. The summed E-state index contributed by atoms with van der Waals surface area (Å²) in [5.74, 6) is -0.923. The van der Waals surface area contributed by atoms with Crippen molar-refractivity contribution in [3.63, 3.8) is 0 Å². The van der Waals surface area contributed by atoms with Crippen LogP contribution in [0.4, 0.5) is 0 Å². The highest BCUT2D eigenvalue weighted by atomic mass is 35.5. The highest BCUT2D eigenvalue weighted by Crippen LogP contribution is 2.26. The number of rotatable bonds is 3. The summed E-state index contributed by atoms with van der Waals surface area (Å²) in [5.41, 5.74) is 8.95. The maximum atomic E-state index is 13.2. The molecule has 142 valence electrons. The third-order valence-electron chi connectivity index (χ3n) is 5.02. The van der Waals surface area contributed by atoms with Crippen molar-refractivity contribution < 1.29 is 9.59 Å². The predicted octanol–water partition coefficient (Wildman–Crippen LogP) is 2.28. The van der Waals surface area contributed by atoms with Gasteiger partial charge in [-0.25, -0.2) is 4.68 Å². The lowest BCUT2D eigenvalue weighted by atomic mass is 9.93. The summed E-state index contributed by atoms with van der Waals surface area (Å²) in [5, 5.41) is 8.66. The molecule has 2 N–H and O–H groups in total. The van der Waals surface area contributed by atoms with Gasteiger partial charge in [0.15, 0.2) is 5.69 Å². The number of aromatic nitrogens is 3. The SMILES string of the molecule is Cc1c(C(=O)N2Cc3ccccc3C[C@H]2C(N)=O)nnn1-c1ccccc1Cl. The summed E-state index contributed by atoms with van der Waals surface area (Å²) < 4.78 is 1.52. The molecule has 1 aromatic heterocycles. The molecule has 0 fully saturated rings. The standard InChI is InChI=1S/C20H18ClN5O2/c1-12-18(23-24-26(12)16-9-5-4-8-15(16)21)20(28)25-11-14-7-3-2-6-13(14)10-17(25)19(22)27/h2-9,17H,10-11H2,1H3,(H2,22,27)/t17-/m0/s1. The molecule has 4 rings (SSSR count). The molecule has 0 unspecified atom stereocenters. The Morgan fingerprint density at radius 3 is 2.50 bits per heavy atom. The molecule has 0 bridgehead atoms. The van der Waals surface area contributed by atoms with Crippen molar-refractivity contribution in [1.29, 1.82) is 0 Å². The number of amides is 2. The van der Waals surface area contributed by atoms with E-state index in [2.05, 4.69) is 10.3 Å². The van der Waals surface area contributed by atoms with E-state index in [1.807, 2.05) is 36.4 Å². The van der Waals surface area contributed by atoms with Gasteiger partial charge in [0.2, 0.25) is 5.91 Å². The number of para-hydroxylation sites is 1. The molecule has 0 saturated carbocycles. The number of fused-ring (bicyclic) bond motifs is 1. The summed E-state index contributed by atoms with van der Waals surface area (Å²) in [7, 11) is 0. The molecular weight excluding hydrogens is 378 g/mol. The molecule has 1 aliphatic rings. The Kier molecular flexibility index (Phi) is 4.60. The van der Waals surface area contributed by atoms with Crippen LogP contribution in [0.25, 0.3) is 5.69 Å². The van der Waals surface area contributed by atoms with Crippen LogP contribution in [0.1, 0.15) is 27.3 Å². The minimum Gasteiger partial charge on any atom is -0.368 e. The van der Waals surface area contributed by atoms with E-state index in [1.54, 1.807) is 19.1 Å². The molecule has 1 atom stereocenters. The van der Waals surface area contributed by atoms with E-state index in [0.29, 0.717) is 29.4 Å². The first-order valence-corrected chi connectivity index (χ1v) is 9.19. The number of hydrogen-bond donors (Lipinski definition) is 1. The van der Waals surface area contributed by atoms with Crippen molar-refractivity contribution in [2.24, 2.45) is 5.73 Å². The van der Waals surface area contributed by atoms with Crippen LogP contribution in [0.15, 0.2) is 48.5 Å². The fourth-order valence-corrected chi connectivity index (χ4v) is 3.72. The Bertz CT molecular complexity index is 1080. The average molecular weight is 396 g/mol. The quantitative estimate of drug-likeness (QED) is 0.736. The molecule has 0 saturated heterocycles. The number of nitrogens with two attached hydrogens (primary N) is 1. The maximum Gasteiger partial charge on any atom is 0.277 e. The molecular formula is C20H18ClN5O2. The fraction of sp³-hybridized carbons (Fsp3) is 0.200. The largest absolute Gasteiger partial charge is 0.368 e. The number of halogens is 1. The van der Waals surface area contributed by atoms with Crippen LogP contribution in [0, 0.1) is 6.92 Å². The third-order valence-corrected chi connectivity index (χ3v) is 5.34. The van der Waals surface area contributed by atoms with Crippen molar-refractivity contribution >= 4 is 23.4 Å². The topological polar surface area (TPSA) is 94.1 Å². The van der Waals surface area contributed by atoms with Gasteiger partial charge in [-0.1, -0.05) is 53.2 Å². The van der Waals surface area contributed by atoms with Gasteiger partial charge in [-0.05, 0) is 30.2 Å². The van der Waals surface area contributed by atoms with Crippen LogP contribution < -0.4 is 5.73 Å². The zero-order valence-corrected chi connectivity index (χ0v) is 15.9. The van der Waals surface area contributed by atoms with Gasteiger partial charge in [-0.2, -0.15) is 0 Å². The first-order chi connectivity index (χ1) is 13.5. The number of primary amides is 1. The first kappa shape index (κ1) is 18.2. The van der Waals surface area contributed by atoms with E-state index in [4.69, 9.17) is 17.3 Å². The number of benzene rings is 2. The molecule has 8 heteroatoms. The summed E-state index contributed by atoms with van der Waals surface area (Å²) in [6, 6.07) is 14.2. The van der Waals surface area contributed by atoms with E-state index in [0.717, 1.165) is 11.1 Å². The Hall–Kier alpha value is -3.19. The molecule has 2 aromatic carbocycles. The van der Waals surface area contributed by atoms with Crippen molar-refractivity contribution in [2.75, 3.05) is 0 Å². The highest BCUT2D eigenvalue weighted by Gasteiger charge is 2.35. The number of hydrogen-bond acceptors (Lipinski definition) is 4. The Morgan fingerprint density at radius 2 is 1.79 bits per heavy atom. The molecule has 0 spiro atoms. The van der Waals surface area contributed by atoms with E-state index >= 15 is 0 Å². The van der Waals surface area contributed by atoms with Gasteiger partial charge in [0.25, 0.3) is 5.91 Å². The highest BCUT2D eigenvalue weighted by molar-refractivity contribution is 6.32. The van der Waals surface area contributed by atoms with Crippen LogP contribution in [0.2, 0.25) is 5.02 Å². The molecule has 0 radical (unpaired) electrons. The van der Waals surface area contributed by atoms with E-state index in [9.17, 15) is 9.59 Å². The summed E-state index contributed by atoms with van der Waals surface area (Å²) >= 11 is 6.24. The number of carbonyl (C=O) groups excluding carboxylic acids is 2. The third kappa shape index (κ3) is 3.03. The average Bonchev–Trinajstić information content (AvgIpc) is 3.08. The lowest BCUT2D eigenvalue weighted by molar-refractivity contribution is -0.122. The van der Waals surface area contributed by atoms with E-state index in [1.165, 1.54) is 9.58 Å². The summed E-state index contributed by atoms with van der Waals surface area (Å²) in [4.78, 5) is 26.8. The van der Waals surface area contributed by atoms with Gasteiger partial charge in [0.1, 0.15) is 6.04 Å². The van der Waals surface area contributed by atoms with Gasteiger partial charge in [-0.15, -0.1) is 5.10 Å². The molecule has 7 nitrogen and oxygen atoms in total.